The highest BCUT2D eigenvalue weighted by Crippen LogP contribution is 2.23. The van der Waals surface area contributed by atoms with Gasteiger partial charge in [0, 0.05) is 24.3 Å². The molecule has 0 spiro atoms. The quantitative estimate of drug-likeness (QED) is 0.903. The van der Waals surface area contributed by atoms with Gasteiger partial charge in [0.2, 0.25) is 0 Å². The normalized spacial score (nSPS) is 10.5. The fourth-order valence-electron chi connectivity index (χ4n) is 1.97. The summed E-state index contributed by atoms with van der Waals surface area (Å²) in [5.41, 5.74) is 3.16. The third kappa shape index (κ3) is 3.72. The number of rotatable bonds is 5. The Hall–Kier alpha value is -1.51. The number of benzene rings is 2. The van der Waals surface area contributed by atoms with E-state index in [1.807, 2.05) is 31.3 Å². The van der Waals surface area contributed by atoms with Crippen LogP contribution in [-0.4, -0.2) is 18.7 Å². The Bertz CT molecular complexity index is 528. The van der Waals surface area contributed by atoms with E-state index in [2.05, 4.69) is 29.2 Å². The largest absolute Gasteiger partial charge is 0.392 e. The molecule has 2 nitrogen and oxygen atoms in total. The number of hydrogen-bond acceptors (Lipinski definition) is 2. The first-order valence-corrected chi connectivity index (χ1v) is 6.73. The number of hydrogen-bond donors (Lipinski definition) is 1. The summed E-state index contributed by atoms with van der Waals surface area (Å²) < 4.78 is 0. The minimum Gasteiger partial charge on any atom is -0.392 e. The van der Waals surface area contributed by atoms with Crippen LogP contribution >= 0.6 is 11.6 Å². The van der Waals surface area contributed by atoms with Crippen molar-refractivity contribution < 1.29 is 5.11 Å². The minimum atomic E-state index is -0.0210. The van der Waals surface area contributed by atoms with Crippen LogP contribution in [0.3, 0.4) is 0 Å². The monoisotopic (exact) mass is 275 g/mol. The van der Waals surface area contributed by atoms with E-state index < -0.39 is 0 Å². The van der Waals surface area contributed by atoms with E-state index in [4.69, 9.17) is 16.7 Å². The minimum absolute atomic E-state index is 0.0210. The van der Waals surface area contributed by atoms with Gasteiger partial charge in [0.05, 0.1) is 6.61 Å². The second-order valence-corrected chi connectivity index (χ2v) is 5.00. The number of likely N-dealkylation sites (N-methyl/N-ethyl adjacent to an activating group) is 1. The molecule has 0 fully saturated rings. The lowest BCUT2D eigenvalue weighted by atomic mass is 10.1. The van der Waals surface area contributed by atoms with Crippen molar-refractivity contribution in [3.63, 3.8) is 0 Å². The molecule has 0 saturated carbocycles. The van der Waals surface area contributed by atoms with E-state index in [1.165, 1.54) is 5.56 Å². The smallest absolute Gasteiger partial charge is 0.0696 e. The van der Waals surface area contributed by atoms with Gasteiger partial charge in [-0.1, -0.05) is 48.0 Å². The van der Waals surface area contributed by atoms with Crippen LogP contribution in [-0.2, 0) is 13.0 Å². The van der Waals surface area contributed by atoms with Gasteiger partial charge in [0.25, 0.3) is 0 Å². The summed E-state index contributed by atoms with van der Waals surface area (Å²) >= 11 is 6.10. The van der Waals surface area contributed by atoms with Crippen molar-refractivity contribution in [1.29, 1.82) is 0 Å². The standard InChI is InChI=1S/C16H18ClNO/c1-18(10-9-13-5-3-2-4-6-13)15-8-7-14(12-19)16(17)11-15/h2-8,11,19H,9-10,12H2,1H3. The molecule has 1 N–H and O–H groups in total. The van der Waals surface area contributed by atoms with Gasteiger partial charge >= 0.3 is 0 Å². The zero-order valence-corrected chi connectivity index (χ0v) is 11.8. The summed E-state index contributed by atoms with van der Waals surface area (Å²) in [7, 11) is 2.05. The van der Waals surface area contributed by atoms with Gasteiger partial charge in [-0.3, -0.25) is 0 Å². The molecule has 0 heterocycles. The molecule has 2 aromatic carbocycles. The molecule has 100 valence electrons. The fraction of sp³-hybridized carbons (Fsp3) is 0.250. The third-order valence-electron chi connectivity index (χ3n) is 3.23. The molecule has 0 aliphatic heterocycles. The number of anilines is 1. The molecule has 0 aliphatic carbocycles. The second-order valence-electron chi connectivity index (χ2n) is 4.59. The van der Waals surface area contributed by atoms with Crippen molar-refractivity contribution >= 4 is 17.3 Å². The zero-order valence-electron chi connectivity index (χ0n) is 11.0. The first-order chi connectivity index (χ1) is 9.20. The molecule has 2 aromatic rings. The van der Waals surface area contributed by atoms with E-state index in [-0.39, 0.29) is 6.61 Å². The van der Waals surface area contributed by atoms with Crippen molar-refractivity contribution in [2.24, 2.45) is 0 Å². The molecule has 19 heavy (non-hydrogen) atoms. The molecule has 0 atom stereocenters. The maximum absolute atomic E-state index is 9.10. The maximum Gasteiger partial charge on any atom is 0.0696 e. The number of aliphatic hydroxyl groups is 1. The van der Waals surface area contributed by atoms with Gasteiger partial charge in [0.15, 0.2) is 0 Å². The van der Waals surface area contributed by atoms with Crippen LogP contribution in [0.25, 0.3) is 0 Å². The number of aliphatic hydroxyl groups excluding tert-OH is 1. The van der Waals surface area contributed by atoms with Crippen molar-refractivity contribution in [3.8, 4) is 0 Å². The van der Waals surface area contributed by atoms with Crippen LogP contribution in [0, 0.1) is 0 Å². The SMILES string of the molecule is CN(CCc1ccccc1)c1ccc(CO)c(Cl)c1. The second kappa shape index (κ2) is 6.60. The molecular weight excluding hydrogens is 258 g/mol. The van der Waals surface area contributed by atoms with Gasteiger partial charge in [-0.15, -0.1) is 0 Å². The highest BCUT2D eigenvalue weighted by atomic mass is 35.5. The maximum atomic E-state index is 9.10. The Labute approximate surface area is 119 Å². The highest BCUT2D eigenvalue weighted by Gasteiger charge is 2.05. The number of halogens is 1. The fourth-order valence-corrected chi connectivity index (χ4v) is 2.21. The van der Waals surface area contributed by atoms with Gasteiger partial charge < -0.3 is 10.0 Å². The summed E-state index contributed by atoms with van der Waals surface area (Å²) in [6.45, 7) is 0.908. The average Bonchev–Trinajstić information content (AvgIpc) is 2.45. The molecule has 0 aromatic heterocycles. The first-order valence-electron chi connectivity index (χ1n) is 6.35. The van der Waals surface area contributed by atoms with Crippen molar-refractivity contribution in [2.45, 2.75) is 13.0 Å². The average molecular weight is 276 g/mol. The van der Waals surface area contributed by atoms with Gasteiger partial charge in [-0.25, -0.2) is 0 Å². The Balaban J connectivity index is 2.00. The lowest BCUT2D eigenvalue weighted by molar-refractivity contribution is 0.282. The Morgan fingerprint density at radius 1 is 1.11 bits per heavy atom. The predicted molar refractivity (Wildman–Crippen MR) is 80.8 cm³/mol. The lowest BCUT2D eigenvalue weighted by Gasteiger charge is -2.20. The summed E-state index contributed by atoms with van der Waals surface area (Å²) in [6.07, 6.45) is 0.997. The van der Waals surface area contributed by atoms with Crippen LogP contribution in [0.15, 0.2) is 48.5 Å². The molecule has 2 rings (SSSR count). The van der Waals surface area contributed by atoms with Crippen LogP contribution < -0.4 is 4.90 Å². The predicted octanol–water partition coefficient (Wildman–Crippen LogP) is 3.51. The molecule has 0 saturated heterocycles. The van der Waals surface area contributed by atoms with Gasteiger partial charge in [-0.2, -0.15) is 0 Å². The van der Waals surface area contributed by atoms with Crippen LogP contribution in [0.5, 0.6) is 0 Å². The summed E-state index contributed by atoms with van der Waals surface area (Å²) in [6, 6.07) is 16.2. The highest BCUT2D eigenvalue weighted by molar-refractivity contribution is 6.31. The van der Waals surface area contributed by atoms with Crippen molar-refractivity contribution in [3.05, 3.63) is 64.7 Å². The van der Waals surface area contributed by atoms with E-state index in [0.29, 0.717) is 5.02 Å². The molecule has 0 radical (unpaired) electrons. The molecule has 0 amide bonds. The van der Waals surface area contributed by atoms with Crippen LogP contribution in [0.2, 0.25) is 5.02 Å². The molecule has 0 unspecified atom stereocenters. The van der Waals surface area contributed by atoms with Crippen molar-refractivity contribution in [1.82, 2.24) is 0 Å². The first kappa shape index (κ1) is 13.9. The summed E-state index contributed by atoms with van der Waals surface area (Å²) in [4.78, 5) is 2.17. The Kier molecular flexibility index (Phi) is 4.83. The van der Waals surface area contributed by atoms with E-state index in [0.717, 1.165) is 24.2 Å². The summed E-state index contributed by atoms with van der Waals surface area (Å²) in [5.74, 6) is 0. The van der Waals surface area contributed by atoms with Gasteiger partial charge in [0.1, 0.15) is 0 Å². The van der Waals surface area contributed by atoms with Crippen LogP contribution in [0.1, 0.15) is 11.1 Å². The topological polar surface area (TPSA) is 23.5 Å². The van der Waals surface area contributed by atoms with E-state index >= 15 is 0 Å². The zero-order chi connectivity index (χ0) is 13.7. The van der Waals surface area contributed by atoms with Crippen molar-refractivity contribution in [2.75, 3.05) is 18.5 Å². The third-order valence-corrected chi connectivity index (χ3v) is 3.58. The molecule has 0 aliphatic rings. The van der Waals surface area contributed by atoms with Crippen LogP contribution in [0.4, 0.5) is 5.69 Å². The molecule has 3 heteroatoms. The Morgan fingerprint density at radius 3 is 2.47 bits per heavy atom. The Morgan fingerprint density at radius 2 is 1.84 bits per heavy atom. The number of nitrogens with zero attached hydrogens (tertiary/aromatic N) is 1. The van der Waals surface area contributed by atoms with E-state index in [1.54, 1.807) is 0 Å². The summed E-state index contributed by atoms with van der Waals surface area (Å²) in [5, 5.41) is 9.72. The van der Waals surface area contributed by atoms with Gasteiger partial charge in [-0.05, 0) is 29.7 Å². The molecular formula is C16H18ClNO. The van der Waals surface area contributed by atoms with E-state index in [9.17, 15) is 0 Å². The molecule has 0 bridgehead atoms. The lowest BCUT2D eigenvalue weighted by Crippen LogP contribution is -2.20.